The van der Waals surface area contributed by atoms with Gasteiger partial charge < -0.3 is 9.30 Å². The molecule has 1 aliphatic carbocycles. The molecule has 0 atom stereocenters. The summed E-state index contributed by atoms with van der Waals surface area (Å²) < 4.78 is 7.80. The Morgan fingerprint density at radius 2 is 1.74 bits per heavy atom. The summed E-state index contributed by atoms with van der Waals surface area (Å²) in [6, 6.07) is 17.7. The molecule has 4 heteroatoms. The van der Waals surface area contributed by atoms with E-state index in [1.165, 1.54) is 0 Å². The molecule has 0 saturated heterocycles. The van der Waals surface area contributed by atoms with Crippen LogP contribution in [0.4, 0.5) is 0 Å². The van der Waals surface area contributed by atoms with Crippen LogP contribution in [0.5, 0.6) is 5.75 Å². The van der Waals surface area contributed by atoms with Gasteiger partial charge >= 0.3 is 0 Å². The van der Waals surface area contributed by atoms with Crippen molar-refractivity contribution in [3.05, 3.63) is 70.9 Å². The van der Waals surface area contributed by atoms with E-state index in [0.717, 1.165) is 40.4 Å². The van der Waals surface area contributed by atoms with Crippen molar-refractivity contribution in [3.8, 4) is 22.7 Å². The predicted molar refractivity (Wildman–Crippen MR) is 109 cm³/mol. The summed E-state index contributed by atoms with van der Waals surface area (Å²) in [4.78, 5) is 12.9. The fourth-order valence-corrected chi connectivity index (χ4v) is 4.06. The number of carbonyl (C=O) groups is 1. The first-order valence-electron chi connectivity index (χ1n) is 9.07. The van der Waals surface area contributed by atoms with Gasteiger partial charge in [0.15, 0.2) is 5.78 Å². The molecule has 1 aromatic heterocycles. The molecule has 27 heavy (non-hydrogen) atoms. The normalized spacial score (nSPS) is 15.5. The molecule has 1 heterocycles. The van der Waals surface area contributed by atoms with Crippen molar-refractivity contribution in [3.63, 3.8) is 0 Å². The minimum atomic E-state index is -0.0700. The van der Waals surface area contributed by atoms with E-state index < -0.39 is 0 Å². The molecule has 0 unspecified atom stereocenters. The van der Waals surface area contributed by atoms with E-state index in [1.54, 1.807) is 7.11 Å². The standard InChI is InChI=1S/C23H22ClNO2/c1-23(2)13-20-17(21(26)14-23)12-19(15-8-10-16(24)11-9-15)25(20)18-6-4-5-7-22(18)27-3/h4-12H,13-14H2,1-3H3. The number of aromatic nitrogens is 1. The zero-order valence-corrected chi connectivity index (χ0v) is 16.5. The van der Waals surface area contributed by atoms with Crippen molar-refractivity contribution in [2.75, 3.05) is 7.11 Å². The Morgan fingerprint density at radius 3 is 2.44 bits per heavy atom. The first kappa shape index (κ1) is 17.9. The minimum Gasteiger partial charge on any atom is -0.495 e. The van der Waals surface area contributed by atoms with Crippen LogP contribution in [-0.2, 0) is 6.42 Å². The molecule has 0 radical (unpaired) electrons. The molecule has 0 saturated carbocycles. The maximum Gasteiger partial charge on any atom is 0.165 e. The lowest BCUT2D eigenvalue weighted by Crippen LogP contribution is -2.27. The molecule has 138 valence electrons. The highest BCUT2D eigenvalue weighted by atomic mass is 35.5. The quantitative estimate of drug-likeness (QED) is 0.562. The van der Waals surface area contributed by atoms with Crippen LogP contribution in [0.15, 0.2) is 54.6 Å². The number of nitrogens with zero attached hydrogens (tertiary/aromatic N) is 1. The van der Waals surface area contributed by atoms with Gasteiger partial charge in [0.05, 0.1) is 18.5 Å². The van der Waals surface area contributed by atoms with Gasteiger partial charge in [-0.25, -0.2) is 0 Å². The molecule has 0 N–H and O–H groups in total. The van der Waals surface area contributed by atoms with Gasteiger partial charge in [-0.2, -0.15) is 0 Å². The van der Waals surface area contributed by atoms with E-state index in [2.05, 4.69) is 18.4 Å². The molecule has 4 rings (SSSR count). The Bertz CT molecular complexity index is 1020. The fraction of sp³-hybridized carbons (Fsp3) is 0.261. The van der Waals surface area contributed by atoms with Gasteiger partial charge in [-0.15, -0.1) is 0 Å². The second-order valence-corrected chi connectivity index (χ2v) is 8.28. The third-order valence-electron chi connectivity index (χ3n) is 5.15. The van der Waals surface area contributed by atoms with Crippen LogP contribution < -0.4 is 4.74 Å². The average Bonchev–Trinajstić information content (AvgIpc) is 3.00. The number of benzene rings is 2. The van der Waals surface area contributed by atoms with Crippen molar-refractivity contribution < 1.29 is 9.53 Å². The molecule has 0 bridgehead atoms. The molecule has 1 aliphatic rings. The first-order chi connectivity index (χ1) is 12.9. The summed E-state index contributed by atoms with van der Waals surface area (Å²) in [6.45, 7) is 4.30. The van der Waals surface area contributed by atoms with Crippen LogP contribution in [0.2, 0.25) is 5.02 Å². The molecule has 3 aromatic rings. The second-order valence-electron chi connectivity index (χ2n) is 7.85. The number of rotatable bonds is 3. The summed E-state index contributed by atoms with van der Waals surface area (Å²) in [7, 11) is 1.67. The van der Waals surface area contributed by atoms with Crippen molar-refractivity contribution in [1.82, 2.24) is 4.57 Å². The third kappa shape index (κ3) is 3.17. The zero-order chi connectivity index (χ0) is 19.2. The number of hydrogen-bond donors (Lipinski definition) is 0. The third-order valence-corrected chi connectivity index (χ3v) is 5.41. The van der Waals surface area contributed by atoms with Gasteiger partial charge in [0, 0.05) is 22.7 Å². The number of fused-ring (bicyclic) bond motifs is 1. The number of carbonyl (C=O) groups excluding carboxylic acids is 1. The summed E-state index contributed by atoms with van der Waals surface area (Å²) in [6.07, 6.45) is 1.40. The van der Waals surface area contributed by atoms with E-state index in [1.807, 2.05) is 54.6 Å². The highest BCUT2D eigenvalue weighted by Crippen LogP contribution is 2.41. The van der Waals surface area contributed by atoms with E-state index in [9.17, 15) is 4.79 Å². The van der Waals surface area contributed by atoms with E-state index in [0.29, 0.717) is 11.4 Å². The number of para-hydroxylation sites is 2. The van der Waals surface area contributed by atoms with Crippen LogP contribution in [0.3, 0.4) is 0 Å². The van der Waals surface area contributed by atoms with Gasteiger partial charge in [0.1, 0.15) is 5.75 Å². The van der Waals surface area contributed by atoms with Crippen LogP contribution in [0.1, 0.15) is 36.3 Å². The molecule has 0 aliphatic heterocycles. The van der Waals surface area contributed by atoms with Gasteiger partial charge in [0.25, 0.3) is 0 Å². The summed E-state index contributed by atoms with van der Waals surface area (Å²) in [5.41, 5.74) is 4.73. The zero-order valence-electron chi connectivity index (χ0n) is 15.8. The predicted octanol–water partition coefficient (Wildman–Crippen LogP) is 5.96. The second kappa shape index (κ2) is 6.58. The highest BCUT2D eigenvalue weighted by molar-refractivity contribution is 6.30. The number of ketones is 1. The van der Waals surface area contributed by atoms with Gasteiger partial charge in [0.2, 0.25) is 0 Å². The average molecular weight is 380 g/mol. The monoisotopic (exact) mass is 379 g/mol. The minimum absolute atomic E-state index is 0.0700. The van der Waals surface area contributed by atoms with Gasteiger partial charge in [-0.05, 0) is 47.7 Å². The summed E-state index contributed by atoms with van der Waals surface area (Å²) >= 11 is 6.08. The van der Waals surface area contributed by atoms with Gasteiger partial charge in [-0.3, -0.25) is 4.79 Å². The highest BCUT2D eigenvalue weighted by Gasteiger charge is 2.35. The number of Topliss-reactive ketones (excluding diaryl/α,β-unsaturated/α-hetero) is 1. The topological polar surface area (TPSA) is 31.2 Å². The number of methoxy groups -OCH3 is 1. The van der Waals surface area contributed by atoms with E-state index in [4.69, 9.17) is 16.3 Å². The van der Waals surface area contributed by atoms with Crippen molar-refractivity contribution >= 4 is 17.4 Å². The van der Waals surface area contributed by atoms with Gasteiger partial charge in [-0.1, -0.05) is 49.7 Å². The lowest BCUT2D eigenvalue weighted by Gasteiger charge is -2.30. The largest absolute Gasteiger partial charge is 0.495 e. The molecular formula is C23H22ClNO2. The molecule has 2 aromatic carbocycles. The first-order valence-corrected chi connectivity index (χ1v) is 9.44. The number of hydrogen-bond acceptors (Lipinski definition) is 2. The number of ether oxygens (including phenoxy) is 1. The van der Waals surface area contributed by atoms with Crippen molar-refractivity contribution in [2.45, 2.75) is 26.7 Å². The Labute approximate surface area is 164 Å². The smallest absolute Gasteiger partial charge is 0.165 e. The Balaban J connectivity index is 2.02. The molecule has 0 amide bonds. The Morgan fingerprint density at radius 1 is 1.04 bits per heavy atom. The molecule has 0 fully saturated rings. The lowest BCUT2D eigenvalue weighted by atomic mass is 9.76. The van der Waals surface area contributed by atoms with Crippen molar-refractivity contribution in [1.29, 1.82) is 0 Å². The summed E-state index contributed by atoms with van der Waals surface area (Å²) in [5, 5.41) is 0.691. The van der Waals surface area contributed by atoms with Crippen LogP contribution in [0.25, 0.3) is 16.9 Å². The molecule has 0 spiro atoms. The maximum absolute atomic E-state index is 12.9. The molecular weight excluding hydrogens is 358 g/mol. The Kier molecular flexibility index (Phi) is 4.35. The van der Waals surface area contributed by atoms with Crippen LogP contribution in [-0.4, -0.2) is 17.5 Å². The van der Waals surface area contributed by atoms with Crippen molar-refractivity contribution in [2.24, 2.45) is 5.41 Å². The SMILES string of the molecule is COc1ccccc1-n1c(-c2ccc(Cl)cc2)cc2c1CC(C)(C)CC2=O. The summed E-state index contributed by atoms with van der Waals surface area (Å²) in [5.74, 6) is 0.979. The maximum atomic E-state index is 12.9. The van der Waals surface area contributed by atoms with E-state index >= 15 is 0 Å². The lowest BCUT2D eigenvalue weighted by molar-refractivity contribution is 0.0911. The Hall–Kier alpha value is -2.52. The van der Waals surface area contributed by atoms with E-state index in [-0.39, 0.29) is 11.2 Å². The van der Waals surface area contributed by atoms with Crippen LogP contribution >= 0.6 is 11.6 Å². The molecule has 3 nitrogen and oxygen atoms in total. The fourth-order valence-electron chi connectivity index (χ4n) is 3.93. The number of halogens is 1. The van der Waals surface area contributed by atoms with Crippen LogP contribution in [0, 0.1) is 5.41 Å².